The van der Waals surface area contributed by atoms with Crippen LogP contribution in [0.5, 0.6) is 0 Å². The average molecular weight is 465 g/mol. The Labute approximate surface area is 193 Å². The van der Waals surface area contributed by atoms with Crippen LogP contribution in [0.4, 0.5) is 19.0 Å². The Hall–Kier alpha value is -2.13. The molecule has 9 heteroatoms. The molecule has 1 saturated heterocycles. The number of nitrogens with two attached hydrogens (primary N) is 2. The number of halogens is 3. The number of pyridine rings is 1. The highest BCUT2D eigenvalue weighted by atomic mass is 19.4. The Kier molecular flexibility index (Phi) is 6.48. The zero-order valence-electron chi connectivity index (χ0n) is 19.8. The van der Waals surface area contributed by atoms with Gasteiger partial charge in [0.2, 0.25) is 0 Å². The lowest BCUT2D eigenvalue weighted by atomic mass is 9.98. The topological polar surface area (TPSA) is 83.8 Å². The van der Waals surface area contributed by atoms with E-state index in [1.807, 2.05) is 13.8 Å². The van der Waals surface area contributed by atoms with Crippen LogP contribution in [-0.2, 0) is 6.18 Å². The first kappa shape index (κ1) is 24.0. The van der Waals surface area contributed by atoms with Gasteiger partial charge < -0.3 is 16.4 Å². The summed E-state index contributed by atoms with van der Waals surface area (Å²) >= 11 is 0. The summed E-state index contributed by atoms with van der Waals surface area (Å²) in [6.07, 6.45) is 0.767. The third-order valence-corrected chi connectivity index (χ3v) is 7.38. The maximum absolute atomic E-state index is 13.2. The normalized spacial score (nSPS) is 31.8. The van der Waals surface area contributed by atoms with Gasteiger partial charge in [-0.2, -0.15) is 13.2 Å². The van der Waals surface area contributed by atoms with E-state index >= 15 is 0 Å². The number of nitrogens with zero attached hydrogens (tertiary/aromatic N) is 4. The molecule has 4 rings (SSSR count). The first-order chi connectivity index (χ1) is 15.5. The molecule has 1 aliphatic heterocycles. The Morgan fingerprint density at radius 2 is 1.91 bits per heavy atom. The number of rotatable bonds is 5. The van der Waals surface area contributed by atoms with Crippen molar-refractivity contribution in [2.45, 2.75) is 57.9 Å². The average Bonchev–Trinajstić information content (AvgIpc) is 3.20. The number of fused-ring (bicyclic) bond motifs is 1. The Morgan fingerprint density at radius 3 is 2.48 bits per heavy atom. The van der Waals surface area contributed by atoms with Gasteiger partial charge in [-0.05, 0) is 64.6 Å². The second-order valence-corrected chi connectivity index (χ2v) is 10.2. The quantitative estimate of drug-likeness (QED) is 0.652. The Morgan fingerprint density at radius 1 is 1.24 bits per heavy atom. The van der Waals surface area contributed by atoms with Crippen LogP contribution < -0.4 is 11.5 Å². The zero-order chi connectivity index (χ0) is 24.1. The van der Waals surface area contributed by atoms with E-state index in [9.17, 15) is 13.2 Å². The van der Waals surface area contributed by atoms with E-state index in [0.717, 1.165) is 44.3 Å². The van der Waals surface area contributed by atoms with Gasteiger partial charge in [0.05, 0.1) is 5.56 Å². The fourth-order valence-electron chi connectivity index (χ4n) is 5.84. The van der Waals surface area contributed by atoms with E-state index in [2.05, 4.69) is 28.8 Å². The van der Waals surface area contributed by atoms with Gasteiger partial charge in [-0.1, -0.05) is 0 Å². The van der Waals surface area contributed by atoms with Gasteiger partial charge >= 0.3 is 6.18 Å². The van der Waals surface area contributed by atoms with Crippen LogP contribution in [0, 0.1) is 17.8 Å². The van der Waals surface area contributed by atoms with Crippen molar-refractivity contribution in [2.24, 2.45) is 28.5 Å². The summed E-state index contributed by atoms with van der Waals surface area (Å²) in [4.78, 5) is 13.6. The molecule has 3 fully saturated rings. The van der Waals surface area contributed by atoms with E-state index in [-0.39, 0.29) is 17.3 Å². The number of likely N-dealkylation sites (N-methyl/N-ethyl adjacent to an activating group) is 1. The standard InChI is InChI=1S/C24H35F3N6/c1-13(2)31-21(10-20(28)15-7-19(24(25,26)27)23(29)30-11-15)22-17-8-16(9-18(17)22)33-6-5-32(4)12-14(33)3/h7,10-11,13-14,16-18,22H,5-6,8-9,12,28H2,1-4H3,(H2,29,30)/t14-,16?,17-,18+,22?/m0/s1. The van der Waals surface area contributed by atoms with Crippen molar-refractivity contribution in [3.05, 3.63) is 29.5 Å². The molecular weight excluding hydrogens is 429 g/mol. The highest BCUT2D eigenvalue weighted by molar-refractivity contribution is 6.04. The molecule has 1 aromatic heterocycles. The number of hydrogen-bond acceptors (Lipinski definition) is 6. The number of anilines is 1. The molecule has 0 spiro atoms. The predicted octanol–water partition coefficient (Wildman–Crippen LogP) is 3.49. The van der Waals surface area contributed by atoms with Crippen molar-refractivity contribution in [1.29, 1.82) is 0 Å². The molecule has 2 saturated carbocycles. The number of aliphatic imine (C=N–C) groups is 1. The SMILES string of the molecule is CC(C)N=C(C=C(N)c1cnc(N)c(C(F)(F)F)c1)C1[C@H]2CC(N3CCN(C)C[C@@H]3C)C[C@@H]12. The Bertz CT molecular complexity index is 929. The molecule has 2 heterocycles. The first-order valence-corrected chi connectivity index (χ1v) is 11.8. The second kappa shape index (κ2) is 8.91. The summed E-state index contributed by atoms with van der Waals surface area (Å²) in [6.45, 7) is 9.63. The van der Waals surface area contributed by atoms with E-state index < -0.39 is 17.6 Å². The zero-order valence-corrected chi connectivity index (χ0v) is 19.8. The molecule has 3 aliphatic rings. The molecule has 0 aromatic carbocycles. The molecule has 0 amide bonds. The van der Waals surface area contributed by atoms with Crippen LogP contribution in [0.15, 0.2) is 23.3 Å². The van der Waals surface area contributed by atoms with Gasteiger partial charge in [0.25, 0.3) is 0 Å². The van der Waals surface area contributed by atoms with Gasteiger partial charge in [0.15, 0.2) is 0 Å². The highest BCUT2D eigenvalue weighted by Gasteiger charge is 2.58. The lowest BCUT2D eigenvalue weighted by molar-refractivity contribution is -0.137. The monoisotopic (exact) mass is 464 g/mol. The van der Waals surface area contributed by atoms with Crippen molar-refractivity contribution in [1.82, 2.24) is 14.8 Å². The van der Waals surface area contributed by atoms with Crippen LogP contribution >= 0.6 is 0 Å². The molecule has 2 aliphatic carbocycles. The van der Waals surface area contributed by atoms with E-state index in [1.165, 1.54) is 6.20 Å². The molecular formula is C24H35F3N6. The summed E-state index contributed by atoms with van der Waals surface area (Å²) in [5, 5.41) is 0. The van der Waals surface area contributed by atoms with Crippen LogP contribution in [0.25, 0.3) is 5.70 Å². The summed E-state index contributed by atoms with van der Waals surface area (Å²) < 4.78 is 39.7. The molecule has 2 unspecified atom stereocenters. The molecule has 0 bridgehead atoms. The van der Waals surface area contributed by atoms with E-state index in [1.54, 1.807) is 6.08 Å². The van der Waals surface area contributed by atoms with E-state index in [4.69, 9.17) is 16.5 Å². The predicted molar refractivity (Wildman–Crippen MR) is 126 cm³/mol. The van der Waals surface area contributed by atoms with Crippen LogP contribution in [0.1, 0.15) is 44.7 Å². The number of hydrogen-bond donors (Lipinski definition) is 2. The third-order valence-electron chi connectivity index (χ3n) is 7.38. The fraction of sp³-hybridized carbons (Fsp3) is 0.667. The van der Waals surface area contributed by atoms with Crippen molar-refractivity contribution in [2.75, 3.05) is 32.4 Å². The summed E-state index contributed by atoms with van der Waals surface area (Å²) in [7, 11) is 2.18. The summed E-state index contributed by atoms with van der Waals surface area (Å²) in [5.41, 5.74) is 12.1. The number of aromatic nitrogens is 1. The number of nitrogen functional groups attached to an aromatic ring is 1. The number of alkyl halides is 3. The molecule has 182 valence electrons. The van der Waals surface area contributed by atoms with Gasteiger partial charge in [-0.15, -0.1) is 0 Å². The van der Waals surface area contributed by atoms with Gasteiger partial charge in [-0.25, -0.2) is 4.98 Å². The van der Waals surface area contributed by atoms with Crippen LogP contribution in [0.2, 0.25) is 0 Å². The largest absolute Gasteiger partial charge is 0.419 e. The number of piperazine rings is 1. The summed E-state index contributed by atoms with van der Waals surface area (Å²) in [6, 6.07) is 2.22. The van der Waals surface area contributed by atoms with Crippen molar-refractivity contribution in [3.63, 3.8) is 0 Å². The molecule has 5 atom stereocenters. The molecule has 0 radical (unpaired) electrons. The third kappa shape index (κ3) is 5.04. The second-order valence-electron chi connectivity index (χ2n) is 10.2. The smallest absolute Gasteiger partial charge is 0.398 e. The molecule has 6 nitrogen and oxygen atoms in total. The fourth-order valence-corrected chi connectivity index (χ4v) is 5.84. The van der Waals surface area contributed by atoms with Crippen molar-refractivity contribution < 1.29 is 13.2 Å². The molecule has 33 heavy (non-hydrogen) atoms. The van der Waals surface area contributed by atoms with Crippen LogP contribution in [0.3, 0.4) is 0 Å². The minimum Gasteiger partial charge on any atom is -0.398 e. The van der Waals surface area contributed by atoms with E-state index in [0.29, 0.717) is 29.8 Å². The van der Waals surface area contributed by atoms with Crippen molar-refractivity contribution in [3.8, 4) is 0 Å². The van der Waals surface area contributed by atoms with Gasteiger partial charge in [0.1, 0.15) is 5.82 Å². The van der Waals surface area contributed by atoms with Crippen molar-refractivity contribution >= 4 is 17.2 Å². The number of allylic oxidation sites excluding steroid dienone is 1. The first-order valence-electron chi connectivity index (χ1n) is 11.8. The minimum atomic E-state index is -4.58. The maximum atomic E-state index is 13.2. The lowest BCUT2D eigenvalue weighted by Gasteiger charge is -2.42. The lowest BCUT2D eigenvalue weighted by Crippen LogP contribution is -2.54. The molecule has 4 N–H and O–H groups in total. The summed E-state index contributed by atoms with van der Waals surface area (Å²) in [5.74, 6) is 0.919. The molecule has 1 aromatic rings. The minimum absolute atomic E-state index is 0.0779. The maximum Gasteiger partial charge on any atom is 0.419 e. The van der Waals surface area contributed by atoms with Gasteiger partial charge in [-0.3, -0.25) is 9.89 Å². The highest BCUT2D eigenvalue weighted by Crippen LogP contribution is 2.59. The van der Waals surface area contributed by atoms with Gasteiger partial charge in [0, 0.05) is 66.8 Å². The Balaban J connectivity index is 1.50. The van der Waals surface area contributed by atoms with Crippen LogP contribution in [-0.4, -0.2) is 65.3 Å².